The molecule has 0 saturated carbocycles. The van der Waals surface area contributed by atoms with Crippen molar-refractivity contribution in [1.82, 2.24) is 0 Å². The zero-order valence-electron chi connectivity index (χ0n) is 7.71. The number of carbonyl (C=O) groups excluding carboxylic acids is 1. The molecule has 0 aromatic heterocycles. The Morgan fingerprint density at radius 3 is 2.83 bits per heavy atom. The van der Waals surface area contributed by atoms with Crippen LogP contribution in [0.1, 0.15) is 13.8 Å². The van der Waals surface area contributed by atoms with Gasteiger partial charge in [-0.1, -0.05) is 20.4 Å². The van der Waals surface area contributed by atoms with Crippen LogP contribution in [0.25, 0.3) is 0 Å². The second kappa shape index (κ2) is 7.22. The largest absolute Gasteiger partial charge is 0.462 e. The van der Waals surface area contributed by atoms with Crippen molar-refractivity contribution in [2.45, 2.75) is 13.8 Å². The quantitative estimate of drug-likeness (QED) is 0.363. The third kappa shape index (κ3) is 7.66. The molecule has 0 spiro atoms. The monoisotopic (exact) mass is 188 g/mol. The van der Waals surface area contributed by atoms with E-state index >= 15 is 0 Å². The van der Waals surface area contributed by atoms with Gasteiger partial charge in [0.2, 0.25) is 0 Å². The maximum atomic E-state index is 10.6. The van der Waals surface area contributed by atoms with Crippen LogP contribution in [0, 0.1) is 5.92 Å². The summed E-state index contributed by atoms with van der Waals surface area (Å²) in [4.78, 5) is 10.6. The van der Waals surface area contributed by atoms with Gasteiger partial charge in [-0.25, -0.2) is 4.79 Å². The molecule has 0 fully saturated rings. The van der Waals surface area contributed by atoms with Crippen LogP contribution < -0.4 is 0 Å². The van der Waals surface area contributed by atoms with E-state index in [1.165, 1.54) is 6.08 Å². The highest BCUT2D eigenvalue weighted by molar-refractivity contribution is 7.99. The van der Waals surface area contributed by atoms with E-state index in [9.17, 15) is 4.79 Å². The average Bonchev–Trinajstić information content (AvgIpc) is 2.03. The maximum absolute atomic E-state index is 10.6. The predicted molar refractivity (Wildman–Crippen MR) is 53.3 cm³/mol. The van der Waals surface area contributed by atoms with E-state index in [2.05, 4.69) is 20.4 Å². The van der Waals surface area contributed by atoms with Crippen molar-refractivity contribution >= 4 is 17.7 Å². The first-order valence-electron chi connectivity index (χ1n) is 4.03. The number of ether oxygens (including phenoxy) is 1. The Morgan fingerprint density at radius 1 is 1.67 bits per heavy atom. The van der Waals surface area contributed by atoms with Crippen LogP contribution >= 0.6 is 11.8 Å². The zero-order chi connectivity index (χ0) is 9.40. The SMILES string of the molecule is C=CC(=O)OCCSCC(C)C. The Bertz CT molecular complexity index is 143. The molecule has 2 nitrogen and oxygen atoms in total. The van der Waals surface area contributed by atoms with Crippen molar-refractivity contribution in [2.24, 2.45) is 5.92 Å². The number of rotatable bonds is 6. The van der Waals surface area contributed by atoms with E-state index in [0.717, 1.165) is 11.5 Å². The first-order chi connectivity index (χ1) is 5.66. The molecule has 0 unspecified atom stereocenters. The normalized spacial score (nSPS) is 9.92. The summed E-state index contributed by atoms with van der Waals surface area (Å²) in [5, 5.41) is 0. The van der Waals surface area contributed by atoms with E-state index in [4.69, 9.17) is 4.74 Å². The maximum Gasteiger partial charge on any atom is 0.330 e. The molecule has 0 radical (unpaired) electrons. The first-order valence-corrected chi connectivity index (χ1v) is 5.19. The molecule has 0 aliphatic rings. The molecular formula is C9H16O2S. The highest BCUT2D eigenvalue weighted by Gasteiger charge is 1.96. The van der Waals surface area contributed by atoms with Crippen LogP contribution in [0.5, 0.6) is 0 Å². The van der Waals surface area contributed by atoms with Crippen molar-refractivity contribution in [3.63, 3.8) is 0 Å². The van der Waals surface area contributed by atoms with E-state index in [1.54, 1.807) is 11.8 Å². The standard InChI is InChI=1S/C9H16O2S/c1-4-9(10)11-5-6-12-7-8(2)3/h4,8H,1,5-7H2,2-3H3. The van der Waals surface area contributed by atoms with Crippen LogP contribution in [0.15, 0.2) is 12.7 Å². The molecular weight excluding hydrogens is 172 g/mol. The molecule has 0 atom stereocenters. The van der Waals surface area contributed by atoms with Gasteiger partial charge in [0.05, 0.1) is 0 Å². The molecule has 0 heterocycles. The van der Waals surface area contributed by atoms with Gasteiger partial charge >= 0.3 is 5.97 Å². The molecule has 0 rings (SSSR count). The van der Waals surface area contributed by atoms with Crippen LogP contribution in [-0.2, 0) is 9.53 Å². The fraction of sp³-hybridized carbons (Fsp3) is 0.667. The number of hydrogen-bond acceptors (Lipinski definition) is 3. The Balaban J connectivity index is 3.11. The van der Waals surface area contributed by atoms with Gasteiger partial charge in [-0.3, -0.25) is 0 Å². The third-order valence-electron chi connectivity index (χ3n) is 1.09. The minimum Gasteiger partial charge on any atom is -0.462 e. The summed E-state index contributed by atoms with van der Waals surface area (Å²) >= 11 is 1.80. The zero-order valence-corrected chi connectivity index (χ0v) is 8.52. The summed E-state index contributed by atoms with van der Waals surface area (Å²) < 4.78 is 4.80. The highest BCUT2D eigenvalue weighted by atomic mass is 32.2. The van der Waals surface area contributed by atoms with Crippen LogP contribution in [0.2, 0.25) is 0 Å². The first kappa shape index (κ1) is 11.6. The Labute approximate surface area is 78.4 Å². The summed E-state index contributed by atoms with van der Waals surface area (Å²) in [6.07, 6.45) is 1.19. The fourth-order valence-electron chi connectivity index (χ4n) is 0.579. The molecule has 0 saturated heterocycles. The summed E-state index contributed by atoms with van der Waals surface area (Å²) in [6.45, 7) is 8.13. The molecule has 12 heavy (non-hydrogen) atoms. The van der Waals surface area contributed by atoms with E-state index in [0.29, 0.717) is 12.5 Å². The van der Waals surface area contributed by atoms with Crippen LogP contribution in [0.3, 0.4) is 0 Å². The van der Waals surface area contributed by atoms with E-state index in [-0.39, 0.29) is 5.97 Å². The van der Waals surface area contributed by atoms with Gasteiger partial charge in [0.1, 0.15) is 6.61 Å². The van der Waals surface area contributed by atoms with Crippen molar-refractivity contribution in [1.29, 1.82) is 0 Å². The average molecular weight is 188 g/mol. The molecule has 70 valence electrons. The van der Waals surface area contributed by atoms with Gasteiger partial charge in [0.25, 0.3) is 0 Å². The lowest BCUT2D eigenvalue weighted by Crippen LogP contribution is -2.04. The smallest absolute Gasteiger partial charge is 0.330 e. The van der Waals surface area contributed by atoms with Crippen LogP contribution in [0.4, 0.5) is 0 Å². The molecule has 0 bridgehead atoms. The van der Waals surface area contributed by atoms with Crippen molar-refractivity contribution in [3.05, 3.63) is 12.7 Å². The number of hydrogen-bond donors (Lipinski definition) is 0. The Hall–Kier alpha value is -0.440. The minimum atomic E-state index is -0.333. The van der Waals surface area contributed by atoms with Gasteiger partial charge in [-0.15, -0.1) is 0 Å². The summed E-state index contributed by atoms with van der Waals surface area (Å²) in [5.74, 6) is 2.36. The van der Waals surface area contributed by atoms with Crippen molar-refractivity contribution < 1.29 is 9.53 Å². The Kier molecular flexibility index (Phi) is 6.96. The number of thioether (sulfide) groups is 1. The van der Waals surface area contributed by atoms with Gasteiger partial charge in [-0.05, 0) is 11.7 Å². The lowest BCUT2D eigenvalue weighted by molar-refractivity contribution is -0.137. The third-order valence-corrected chi connectivity index (χ3v) is 2.45. The number of esters is 1. The fourth-order valence-corrected chi connectivity index (χ4v) is 1.42. The number of carbonyl (C=O) groups is 1. The highest BCUT2D eigenvalue weighted by Crippen LogP contribution is 2.06. The second-order valence-electron chi connectivity index (χ2n) is 2.84. The Morgan fingerprint density at radius 2 is 2.33 bits per heavy atom. The lowest BCUT2D eigenvalue weighted by Gasteiger charge is -2.04. The molecule has 3 heteroatoms. The van der Waals surface area contributed by atoms with Gasteiger partial charge in [0.15, 0.2) is 0 Å². The lowest BCUT2D eigenvalue weighted by atomic mass is 10.3. The van der Waals surface area contributed by atoms with E-state index in [1.807, 2.05) is 0 Å². The predicted octanol–water partition coefficient (Wildman–Crippen LogP) is 2.10. The summed E-state index contributed by atoms with van der Waals surface area (Å²) in [7, 11) is 0. The van der Waals surface area contributed by atoms with E-state index < -0.39 is 0 Å². The van der Waals surface area contributed by atoms with Crippen LogP contribution in [-0.4, -0.2) is 24.1 Å². The molecule has 0 aliphatic heterocycles. The van der Waals surface area contributed by atoms with Gasteiger partial charge < -0.3 is 4.74 Å². The van der Waals surface area contributed by atoms with Gasteiger partial charge in [0, 0.05) is 11.8 Å². The molecule has 0 aromatic rings. The topological polar surface area (TPSA) is 26.3 Å². The minimum absolute atomic E-state index is 0.333. The second-order valence-corrected chi connectivity index (χ2v) is 3.99. The molecule has 0 amide bonds. The van der Waals surface area contributed by atoms with Crippen molar-refractivity contribution in [2.75, 3.05) is 18.1 Å². The summed E-state index contributed by atoms with van der Waals surface area (Å²) in [6, 6.07) is 0. The summed E-state index contributed by atoms with van der Waals surface area (Å²) in [5.41, 5.74) is 0. The van der Waals surface area contributed by atoms with Gasteiger partial charge in [-0.2, -0.15) is 11.8 Å². The molecule has 0 aliphatic carbocycles. The molecule has 0 aromatic carbocycles. The van der Waals surface area contributed by atoms with Crippen molar-refractivity contribution in [3.8, 4) is 0 Å². The molecule has 0 N–H and O–H groups in total.